The topological polar surface area (TPSA) is 102 Å². The maximum absolute atomic E-state index is 12.6. The molecule has 0 saturated carbocycles. The number of nitrogens with one attached hydrogen (secondary N) is 2. The number of nitrogens with zero attached hydrogens (tertiary/aromatic N) is 4. The normalized spacial score (nSPS) is 12.1. The zero-order chi connectivity index (χ0) is 21.5. The van der Waals surface area contributed by atoms with Crippen LogP contribution in [0.4, 0.5) is 0 Å². The highest BCUT2D eigenvalue weighted by atomic mass is 16.2. The maximum Gasteiger partial charge on any atom is 0.271 e. The molecule has 1 aromatic carbocycles. The summed E-state index contributed by atoms with van der Waals surface area (Å²) in [5, 5.41) is 5.89. The van der Waals surface area contributed by atoms with Gasteiger partial charge in [-0.05, 0) is 30.9 Å². The molecule has 0 saturated heterocycles. The van der Waals surface area contributed by atoms with Crippen LogP contribution in [0.1, 0.15) is 55.5 Å². The number of benzene rings is 1. The molecule has 0 radical (unpaired) electrons. The van der Waals surface area contributed by atoms with Crippen LogP contribution in [-0.2, 0) is 11.8 Å². The lowest BCUT2D eigenvalue weighted by Gasteiger charge is -2.20. The van der Waals surface area contributed by atoms with Gasteiger partial charge in [-0.2, -0.15) is 0 Å². The van der Waals surface area contributed by atoms with E-state index in [9.17, 15) is 9.59 Å². The van der Waals surface area contributed by atoms with Crippen molar-refractivity contribution in [1.29, 1.82) is 0 Å². The van der Waals surface area contributed by atoms with E-state index >= 15 is 0 Å². The summed E-state index contributed by atoms with van der Waals surface area (Å²) < 4.78 is 2.05. The minimum absolute atomic E-state index is 0.0542. The number of rotatable bonds is 9. The molecule has 0 aliphatic carbocycles. The van der Waals surface area contributed by atoms with Gasteiger partial charge in [-0.15, -0.1) is 0 Å². The van der Waals surface area contributed by atoms with E-state index in [1.165, 1.54) is 18.6 Å². The second-order valence-corrected chi connectivity index (χ2v) is 7.72. The van der Waals surface area contributed by atoms with Crippen molar-refractivity contribution < 1.29 is 9.59 Å². The summed E-state index contributed by atoms with van der Waals surface area (Å²) in [5.74, 6) is 0.915. The second-order valence-electron chi connectivity index (χ2n) is 7.72. The minimum atomic E-state index is -0.291. The minimum Gasteiger partial charge on any atom is -0.351 e. The van der Waals surface area contributed by atoms with Gasteiger partial charge in [0.05, 0.1) is 23.3 Å². The zero-order valence-electron chi connectivity index (χ0n) is 17.6. The fraction of sp³-hybridized carbons (Fsp3) is 0.409. The lowest BCUT2D eigenvalue weighted by Crippen LogP contribution is -2.32. The molecule has 0 aliphatic heterocycles. The van der Waals surface area contributed by atoms with Crippen LogP contribution < -0.4 is 10.6 Å². The standard InChI is InChI=1S/C22H28N6O2/c1-15(2)13-17(21-27-16-7-4-5-8-19(16)28(21)3)26-20(29)9-6-10-25-22(30)18-14-23-11-12-24-18/h4-5,7-8,11-12,14-15,17H,6,9-10,13H2,1-3H3,(H,25,30)(H,26,29). The summed E-state index contributed by atoms with van der Waals surface area (Å²) in [6.07, 6.45) is 6.05. The Balaban J connectivity index is 1.56. The molecule has 2 aromatic heterocycles. The molecular weight excluding hydrogens is 380 g/mol. The molecule has 2 N–H and O–H groups in total. The van der Waals surface area contributed by atoms with E-state index in [2.05, 4.69) is 34.4 Å². The number of para-hydroxylation sites is 2. The van der Waals surface area contributed by atoms with Gasteiger partial charge >= 0.3 is 0 Å². The third kappa shape index (κ3) is 5.40. The molecule has 8 nitrogen and oxygen atoms in total. The summed E-state index contributed by atoms with van der Waals surface area (Å²) in [4.78, 5) is 37.1. The van der Waals surface area contributed by atoms with E-state index < -0.39 is 0 Å². The zero-order valence-corrected chi connectivity index (χ0v) is 17.6. The van der Waals surface area contributed by atoms with Crippen LogP contribution in [0, 0.1) is 5.92 Å². The average Bonchev–Trinajstić information content (AvgIpc) is 3.08. The largest absolute Gasteiger partial charge is 0.351 e. The van der Waals surface area contributed by atoms with Crippen LogP contribution in [-0.4, -0.2) is 37.9 Å². The van der Waals surface area contributed by atoms with Crippen molar-refractivity contribution in [2.24, 2.45) is 13.0 Å². The lowest BCUT2D eigenvalue weighted by atomic mass is 10.0. The molecular formula is C22H28N6O2. The van der Waals surface area contributed by atoms with E-state index in [-0.39, 0.29) is 23.6 Å². The van der Waals surface area contributed by atoms with Crippen molar-refractivity contribution in [2.75, 3.05) is 6.54 Å². The molecule has 0 aliphatic rings. The molecule has 0 bridgehead atoms. The van der Waals surface area contributed by atoms with Crippen molar-refractivity contribution in [3.8, 4) is 0 Å². The third-order valence-electron chi connectivity index (χ3n) is 4.84. The summed E-state index contributed by atoms with van der Waals surface area (Å²) in [6.45, 7) is 4.65. The van der Waals surface area contributed by atoms with Gasteiger partial charge in [0.1, 0.15) is 11.5 Å². The highest BCUT2D eigenvalue weighted by molar-refractivity contribution is 5.91. The van der Waals surface area contributed by atoms with E-state index in [0.29, 0.717) is 25.3 Å². The van der Waals surface area contributed by atoms with Crippen LogP contribution >= 0.6 is 0 Å². The number of hydrogen-bond donors (Lipinski definition) is 2. The van der Waals surface area contributed by atoms with Gasteiger partial charge in [0.15, 0.2) is 0 Å². The van der Waals surface area contributed by atoms with Crippen molar-refractivity contribution in [2.45, 2.75) is 39.2 Å². The molecule has 0 spiro atoms. The Morgan fingerprint density at radius 3 is 2.67 bits per heavy atom. The molecule has 158 valence electrons. The summed E-state index contributed by atoms with van der Waals surface area (Å²) in [6, 6.07) is 7.79. The third-order valence-corrected chi connectivity index (χ3v) is 4.84. The Hall–Kier alpha value is -3.29. The first kappa shape index (κ1) is 21.4. The second kappa shape index (κ2) is 9.96. The van der Waals surface area contributed by atoms with Crippen molar-refractivity contribution in [3.05, 3.63) is 54.4 Å². The van der Waals surface area contributed by atoms with Gasteiger partial charge in [-0.3, -0.25) is 14.6 Å². The van der Waals surface area contributed by atoms with Crippen molar-refractivity contribution in [1.82, 2.24) is 30.2 Å². The van der Waals surface area contributed by atoms with Crippen LogP contribution in [0.5, 0.6) is 0 Å². The predicted molar refractivity (Wildman–Crippen MR) is 115 cm³/mol. The van der Waals surface area contributed by atoms with E-state index in [1.807, 2.05) is 35.9 Å². The molecule has 8 heteroatoms. The van der Waals surface area contributed by atoms with Gasteiger partial charge in [0.2, 0.25) is 5.91 Å². The Morgan fingerprint density at radius 1 is 1.17 bits per heavy atom. The van der Waals surface area contributed by atoms with Gasteiger partial charge in [0.25, 0.3) is 5.91 Å². The SMILES string of the molecule is CC(C)CC(NC(=O)CCCNC(=O)c1cnccn1)c1nc2ccccc2n1C. The Bertz CT molecular complexity index is 999. The van der Waals surface area contributed by atoms with Crippen LogP contribution in [0.15, 0.2) is 42.9 Å². The lowest BCUT2D eigenvalue weighted by molar-refractivity contribution is -0.122. The summed E-state index contributed by atoms with van der Waals surface area (Å²) in [7, 11) is 1.98. The molecule has 3 aromatic rings. The monoisotopic (exact) mass is 408 g/mol. The fourth-order valence-electron chi connectivity index (χ4n) is 3.40. The number of amides is 2. The maximum atomic E-state index is 12.6. The average molecular weight is 409 g/mol. The first-order valence-corrected chi connectivity index (χ1v) is 10.2. The van der Waals surface area contributed by atoms with Crippen molar-refractivity contribution in [3.63, 3.8) is 0 Å². The van der Waals surface area contributed by atoms with Crippen LogP contribution in [0.3, 0.4) is 0 Å². The Kier molecular flexibility index (Phi) is 7.11. The molecule has 30 heavy (non-hydrogen) atoms. The quantitative estimate of drug-likeness (QED) is 0.530. The van der Waals surface area contributed by atoms with E-state index in [1.54, 1.807) is 0 Å². The van der Waals surface area contributed by atoms with E-state index in [0.717, 1.165) is 23.3 Å². The van der Waals surface area contributed by atoms with Gasteiger partial charge in [0, 0.05) is 32.4 Å². The molecule has 0 fully saturated rings. The molecule has 3 rings (SSSR count). The predicted octanol–water partition coefficient (Wildman–Crippen LogP) is 2.78. The van der Waals surface area contributed by atoms with Gasteiger partial charge in [-0.1, -0.05) is 26.0 Å². The molecule has 1 unspecified atom stereocenters. The first-order valence-electron chi connectivity index (χ1n) is 10.2. The number of aromatic nitrogens is 4. The Labute approximate surface area is 176 Å². The van der Waals surface area contributed by atoms with Gasteiger partial charge in [-0.25, -0.2) is 9.97 Å². The fourth-order valence-corrected chi connectivity index (χ4v) is 3.40. The summed E-state index contributed by atoms with van der Waals surface area (Å²) in [5.41, 5.74) is 2.23. The number of fused-ring (bicyclic) bond motifs is 1. The van der Waals surface area contributed by atoms with Gasteiger partial charge < -0.3 is 15.2 Å². The number of carbonyl (C=O) groups is 2. The smallest absolute Gasteiger partial charge is 0.271 e. The number of carbonyl (C=O) groups excluding carboxylic acids is 2. The van der Waals surface area contributed by atoms with Crippen LogP contribution in [0.25, 0.3) is 11.0 Å². The molecule has 2 heterocycles. The number of aryl methyl sites for hydroxylation is 1. The number of imidazole rings is 1. The molecule has 2 amide bonds. The highest BCUT2D eigenvalue weighted by Crippen LogP contribution is 2.24. The van der Waals surface area contributed by atoms with Crippen LogP contribution in [0.2, 0.25) is 0 Å². The molecule has 1 atom stereocenters. The highest BCUT2D eigenvalue weighted by Gasteiger charge is 2.21. The Morgan fingerprint density at radius 2 is 1.97 bits per heavy atom. The first-order chi connectivity index (χ1) is 14.5. The number of hydrogen-bond acceptors (Lipinski definition) is 5. The van der Waals surface area contributed by atoms with Crippen molar-refractivity contribution >= 4 is 22.8 Å². The van der Waals surface area contributed by atoms with E-state index in [4.69, 9.17) is 4.98 Å². The summed E-state index contributed by atoms with van der Waals surface area (Å²) >= 11 is 0.